The zero-order valence-corrected chi connectivity index (χ0v) is 15.8. The van der Waals surface area contributed by atoms with Crippen LogP contribution in [0.4, 0.5) is 5.69 Å². The predicted octanol–water partition coefficient (Wildman–Crippen LogP) is 3.65. The summed E-state index contributed by atoms with van der Waals surface area (Å²) in [5, 5.41) is 3.29. The average Bonchev–Trinajstić information content (AvgIpc) is 2.56. The maximum atomic E-state index is 6.05. The molecule has 126 valence electrons. The highest BCUT2D eigenvalue weighted by Crippen LogP contribution is 2.27. The topological polar surface area (TPSA) is 59.6 Å². The third kappa shape index (κ3) is 5.21. The van der Waals surface area contributed by atoms with Crippen molar-refractivity contribution in [3.05, 3.63) is 41.0 Å². The first kappa shape index (κ1) is 18.3. The number of hydrogen-bond acceptors (Lipinski definition) is 2. The lowest BCUT2D eigenvalue weighted by Crippen LogP contribution is -2.24. The fraction of sp³-hybridized carbons (Fsp3) is 0.500. The third-order valence-corrected chi connectivity index (χ3v) is 4.43. The van der Waals surface area contributed by atoms with Crippen LogP contribution in [0.1, 0.15) is 36.8 Å². The van der Waals surface area contributed by atoms with E-state index in [1.54, 1.807) is 0 Å². The van der Waals surface area contributed by atoms with Crippen LogP contribution in [-0.2, 0) is 17.6 Å². The Bertz CT molecular complexity index is 584. The van der Waals surface area contributed by atoms with Gasteiger partial charge in [-0.2, -0.15) is 0 Å². The monoisotopic (exact) mass is 427 g/mol. The minimum Gasteiger partial charge on any atom is -0.377 e. The number of halogens is 1. The summed E-state index contributed by atoms with van der Waals surface area (Å²) >= 11 is 0. The molecule has 1 heterocycles. The van der Waals surface area contributed by atoms with Gasteiger partial charge >= 0.3 is 0 Å². The van der Waals surface area contributed by atoms with Gasteiger partial charge in [-0.25, -0.2) is 0 Å². The number of guanidine groups is 1. The number of aryl methyl sites for hydroxylation is 1. The maximum absolute atomic E-state index is 6.05. The fourth-order valence-corrected chi connectivity index (χ4v) is 3.19. The molecule has 1 aliphatic heterocycles. The molecule has 0 aromatic heterocycles. The van der Waals surface area contributed by atoms with Gasteiger partial charge in [-0.3, -0.25) is 4.99 Å². The maximum Gasteiger partial charge on any atom is 0.193 e. The minimum absolute atomic E-state index is 0. The van der Waals surface area contributed by atoms with Crippen molar-refractivity contribution in [1.29, 1.82) is 0 Å². The Morgan fingerprint density at radius 2 is 2.09 bits per heavy atom. The Balaban J connectivity index is 0.00000192. The van der Waals surface area contributed by atoms with Gasteiger partial charge in [0.1, 0.15) is 0 Å². The van der Waals surface area contributed by atoms with Gasteiger partial charge in [-0.15, -0.1) is 24.0 Å². The number of nitrogens with two attached hydrogens (primary N) is 1. The number of rotatable bonds is 4. The Morgan fingerprint density at radius 3 is 2.91 bits per heavy atom. The van der Waals surface area contributed by atoms with Crippen LogP contribution in [0.15, 0.2) is 34.8 Å². The number of benzene rings is 1. The van der Waals surface area contributed by atoms with E-state index in [9.17, 15) is 0 Å². The second-order valence-corrected chi connectivity index (χ2v) is 5.98. The summed E-state index contributed by atoms with van der Waals surface area (Å²) in [6.07, 6.45) is 9.03. The lowest BCUT2D eigenvalue weighted by Gasteiger charge is -2.19. The van der Waals surface area contributed by atoms with Crippen molar-refractivity contribution in [2.45, 2.75) is 38.5 Å². The molecule has 1 aromatic rings. The van der Waals surface area contributed by atoms with Crippen molar-refractivity contribution in [2.24, 2.45) is 10.7 Å². The van der Waals surface area contributed by atoms with E-state index in [2.05, 4.69) is 34.6 Å². The number of nitrogens with zero attached hydrogens (tertiary/aromatic N) is 1. The molecule has 0 fully saturated rings. The number of fused-ring (bicyclic) bond motifs is 1. The van der Waals surface area contributed by atoms with Gasteiger partial charge in [0.25, 0.3) is 0 Å². The number of nitrogens with one attached hydrogen (secondary N) is 1. The van der Waals surface area contributed by atoms with Crippen LogP contribution >= 0.6 is 24.0 Å². The number of hydrogen-bond donors (Lipinski definition) is 2. The molecule has 0 unspecified atom stereocenters. The van der Waals surface area contributed by atoms with Crippen LogP contribution in [0.2, 0.25) is 0 Å². The molecule has 0 saturated heterocycles. The molecule has 0 bridgehead atoms. The zero-order valence-electron chi connectivity index (χ0n) is 13.5. The Morgan fingerprint density at radius 1 is 1.22 bits per heavy atom. The van der Waals surface area contributed by atoms with E-state index in [4.69, 9.17) is 10.5 Å². The van der Waals surface area contributed by atoms with Gasteiger partial charge in [-0.1, -0.05) is 23.8 Å². The number of aliphatic imine (C=N–C) groups is 1. The van der Waals surface area contributed by atoms with Crippen molar-refractivity contribution in [3.8, 4) is 0 Å². The van der Waals surface area contributed by atoms with Crippen LogP contribution in [0, 0.1) is 0 Å². The summed E-state index contributed by atoms with van der Waals surface area (Å²) in [6.45, 7) is 2.31. The fourth-order valence-electron chi connectivity index (χ4n) is 3.19. The van der Waals surface area contributed by atoms with Crippen LogP contribution in [0.25, 0.3) is 0 Å². The molecule has 1 aliphatic carbocycles. The van der Waals surface area contributed by atoms with Gasteiger partial charge in [-0.05, 0) is 55.7 Å². The van der Waals surface area contributed by atoms with E-state index < -0.39 is 0 Å². The second-order valence-electron chi connectivity index (χ2n) is 5.98. The summed E-state index contributed by atoms with van der Waals surface area (Å²) < 4.78 is 5.31. The summed E-state index contributed by atoms with van der Waals surface area (Å²) in [5.74, 6) is 0.520. The van der Waals surface area contributed by atoms with Gasteiger partial charge in [0.05, 0.1) is 13.2 Å². The molecule has 4 nitrogen and oxygen atoms in total. The lowest BCUT2D eigenvalue weighted by molar-refractivity contribution is 0.153. The predicted molar refractivity (Wildman–Crippen MR) is 107 cm³/mol. The SMILES string of the molecule is I.NC(=NCCC1=CCOCC1)Nc1cccc2c1CCCC2. The van der Waals surface area contributed by atoms with Gasteiger partial charge in [0.15, 0.2) is 5.96 Å². The molecule has 1 aromatic carbocycles. The summed E-state index contributed by atoms with van der Waals surface area (Å²) in [6, 6.07) is 6.44. The molecule has 3 N–H and O–H groups in total. The molecule has 3 rings (SSSR count). The molecule has 5 heteroatoms. The van der Waals surface area contributed by atoms with Gasteiger partial charge < -0.3 is 15.8 Å². The van der Waals surface area contributed by atoms with Gasteiger partial charge in [0, 0.05) is 12.2 Å². The standard InChI is InChI=1S/C18H25N3O.HI/c19-18(20-11-8-14-9-12-22-13-10-14)21-17-7-3-5-15-4-1-2-6-16(15)17;/h3,5,7,9H,1-2,4,6,8,10-13H2,(H3,19,20,21);1H. The molecule has 2 aliphatic rings. The largest absolute Gasteiger partial charge is 0.377 e. The van der Waals surface area contributed by atoms with Crippen LogP contribution in [0.3, 0.4) is 0 Å². The van der Waals surface area contributed by atoms with Crippen LogP contribution < -0.4 is 11.1 Å². The van der Waals surface area contributed by atoms with E-state index in [0.29, 0.717) is 5.96 Å². The van der Waals surface area contributed by atoms with E-state index in [1.807, 2.05) is 0 Å². The zero-order chi connectivity index (χ0) is 15.2. The number of ether oxygens (including phenoxy) is 1. The van der Waals surface area contributed by atoms with E-state index >= 15 is 0 Å². The molecule has 0 atom stereocenters. The first-order chi connectivity index (χ1) is 10.8. The summed E-state index contributed by atoms with van der Waals surface area (Å²) in [7, 11) is 0. The highest BCUT2D eigenvalue weighted by Gasteiger charge is 2.13. The van der Waals surface area contributed by atoms with E-state index in [0.717, 1.165) is 44.7 Å². The van der Waals surface area contributed by atoms with Crippen LogP contribution in [0.5, 0.6) is 0 Å². The first-order valence-electron chi connectivity index (χ1n) is 8.26. The van der Waals surface area contributed by atoms with E-state index in [-0.39, 0.29) is 24.0 Å². The molecule has 0 radical (unpaired) electrons. The number of anilines is 1. The highest BCUT2D eigenvalue weighted by molar-refractivity contribution is 14.0. The first-order valence-corrected chi connectivity index (χ1v) is 8.26. The quantitative estimate of drug-likeness (QED) is 0.334. The Hall–Kier alpha value is -1.08. The minimum atomic E-state index is 0. The van der Waals surface area contributed by atoms with Crippen molar-refractivity contribution >= 4 is 35.6 Å². The molecule has 0 amide bonds. The highest BCUT2D eigenvalue weighted by atomic mass is 127. The van der Waals surface area contributed by atoms with Crippen molar-refractivity contribution < 1.29 is 4.74 Å². The van der Waals surface area contributed by atoms with Crippen molar-refractivity contribution in [1.82, 2.24) is 0 Å². The Labute approximate surface area is 155 Å². The molecular formula is C18H26IN3O. The third-order valence-electron chi connectivity index (χ3n) is 4.43. The van der Waals surface area contributed by atoms with Crippen molar-refractivity contribution in [2.75, 3.05) is 25.1 Å². The average molecular weight is 427 g/mol. The van der Waals surface area contributed by atoms with Crippen LogP contribution in [-0.4, -0.2) is 25.7 Å². The molecule has 0 spiro atoms. The summed E-state index contributed by atoms with van der Waals surface area (Å²) in [4.78, 5) is 4.46. The molecular weight excluding hydrogens is 401 g/mol. The normalized spacial score (nSPS) is 17.7. The molecule has 23 heavy (non-hydrogen) atoms. The molecule has 0 saturated carbocycles. The van der Waals surface area contributed by atoms with E-state index in [1.165, 1.54) is 36.0 Å². The second kappa shape index (κ2) is 9.27. The van der Waals surface area contributed by atoms with Gasteiger partial charge in [0.2, 0.25) is 0 Å². The van der Waals surface area contributed by atoms with Crippen molar-refractivity contribution in [3.63, 3.8) is 0 Å². The summed E-state index contributed by atoms with van der Waals surface area (Å²) in [5.41, 5.74) is 11.5. The lowest BCUT2D eigenvalue weighted by atomic mass is 9.90. The Kier molecular flexibility index (Phi) is 7.36. The smallest absolute Gasteiger partial charge is 0.193 e.